The molecule has 1 aromatic heterocycles. The summed E-state index contributed by atoms with van der Waals surface area (Å²) in [6, 6.07) is 6.94. The average Bonchev–Trinajstić information content (AvgIpc) is 2.62. The molecule has 3 rings (SSSR count). The highest BCUT2D eigenvalue weighted by Gasteiger charge is 2.40. The first-order valence-electron chi connectivity index (χ1n) is 9.13. The Morgan fingerprint density at radius 3 is 2.63 bits per heavy atom. The first-order valence-corrected chi connectivity index (χ1v) is 9.13. The van der Waals surface area contributed by atoms with Crippen LogP contribution in [0.3, 0.4) is 0 Å². The van der Waals surface area contributed by atoms with Crippen LogP contribution in [-0.2, 0) is 4.79 Å². The SMILES string of the molecule is CCC1C(C)C(Nc2nccc(C)n2)c2cc(C(N)=O)ccc2N1C(C)=O. The minimum Gasteiger partial charge on any atom is -0.366 e. The van der Waals surface area contributed by atoms with Gasteiger partial charge in [0.25, 0.3) is 0 Å². The maximum absolute atomic E-state index is 12.4. The molecule has 0 saturated heterocycles. The number of carbonyl (C=O) groups is 2. The summed E-state index contributed by atoms with van der Waals surface area (Å²) < 4.78 is 0. The van der Waals surface area contributed by atoms with Gasteiger partial charge < -0.3 is 16.0 Å². The fraction of sp³-hybridized carbons (Fsp3) is 0.400. The lowest BCUT2D eigenvalue weighted by atomic mass is 9.80. The molecule has 2 aromatic rings. The van der Waals surface area contributed by atoms with Gasteiger partial charge in [0.15, 0.2) is 0 Å². The second-order valence-corrected chi connectivity index (χ2v) is 7.01. The summed E-state index contributed by atoms with van der Waals surface area (Å²) in [6.45, 7) is 7.64. The molecule has 0 bridgehead atoms. The van der Waals surface area contributed by atoms with Gasteiger partial charge in [0.2, 0.25) is 17.8 Å². The number of rotatable bonds is 4. The number of anilines is 2. The number of carbonyl (C=O) groups excluding carboxylic acids is 2. The van der Waals surface area contributed by atoms with E-state index >= 15 is 0 Å². The van der Waals surface area contributed by atoms with Gasteiger partial charge in [-0.3, -0.25) is 9.59 Å². The van der Waals surface area contributed by atoms with Crippen LogP contribution in [0, 0.1) is 12.8 Å². The number of nitrogens with two attached hydrogens (primary N) is 1. The minimum absolute atomic E-state index is 0.0213. The summed E-state index contributed by atoms with van der Waals surface area (Å²) in [7, 11) is 0. The third-order valence-corrected chi connectivity index (χ3v) is 5.21. The van der Waals surface area contributed by atoms with Gasteiger partial charge >= 0.3 is 0 Å². The van der Waals surface area contributed by atoms with Crippen molar-refractivity contribution in [2.45, 2.75) is 46.2 Å². The Labute approximate surface area is 159 Å². The van der Waals surface area contributed by atoms with Crippen LogP contribution < -0.4 is 16.0 Å². The number of primary amides is 1. The fourth-order valence-corrected chi connectivity index (χ4v) is 3.92. The highest BCUT2D eigenvalue weighted by Crippen LogP contribution is 2.43. The van der Waals surface area contributed by atoms with Crippen molar-refractivity contribution in [1.82, 2.24) is 9.97 Å². The molecule has 7 nitrogen and oxygen atoms in total. The first-order chi connectivity index (χ1) is 12.8. The molecule has 3 unspecified atom stereocenters. The van der Waals surface area contributed by atoms with E-state index in [1.54, 1.807) is 31.3 Å². The lowest BCUT2D eigenvalue weighted by Gasteiger charge is -2.45. The van der Waals surface area contributed by atoms with E-state index in [1.165, 1.54) is 0 Å². The van der Waals surface area contributed by atoms with Crippen molar-refractivity contribution in [3.8, 4) is 0 Å². The van der Waals surface area contributed by atoms with E-state index in [0.29, 0.717) is 11.5 Å². The van der Waals surface area contributed by atoms with Crippen molar-refractivity contribution in [2.75, 3.05) is 10.2 Å². The summed E-state index contributed by atoms with van der Waals surface area (Å²) in [4.78, 5) is 34.7. The van der Waals surface area contributed by atoms with Crippen LogP contribution in [0.15, 0.2) is 30.5 Å². The van der Waals surface area contributed by atoms with E-state index in [0.717, 1.165) is 23.4 Å². The normalized spacial score (nSPS) is 21.5. The molecular formula is C20H25N5O2. The van der Waals surface area contributed by atoms with E-state index in [-0.39, 0.29) is 23.9 Å². The molecule has 0 spiro atoms. The summed E-state index contributed by atoms with van der Waals surface area (Å²) >= 11 is 0. The third-order valence-electron chi connectivity index (χ3n) is 5.21. The lowest BCUT2D eigenvalue weighted by molar-refractivity contribution is -0.117. The summed E-state index contributed by atoms with van der Waals surface area (Å²) in [6.07, 6.45) is 2.52. The molecule has 3 N–H and O–H groups in total. The van der Waals surface area contributed by atoms with Gasteiger partial charge in [0.1, 0.15) is 0 Å². The predicted molar refractivity (Wildman–Crippen MR) is 104 cm³/mol. The van der Waals surface area contributed by atoms with Gasteiger partial charge in [-0.15, -0.1) is 0 Å². The Morgan fingerprint density at radius 1 is 1.30 bits per heavy atom. The molecule has 1 aliphatic heterocycles. The van der Waals surface area contributed by atoms with Crippen molar-refractivity contribution in [1.29, 1.82) is 0 Å². The Morgan fingerprint density at radius 2 is 2.04 bits per heavy atom. The fourth-order valence-electron chi connectivity index (χ4n) is 3.92. The van der Waals surface area contributed by atoms with Crippen molar-refractivity contribution < 1.29 is 9.59 Å². The molecule has 27 heavy (non-hydrogen) atoms. The van der Waals surface area contributed by atoms with Crippen LogP contribution in [0.1, 0.15) is 54.8 Å². The molecule has 142 valence electrons. The van der Waals surface area contributed by atoms with Crippen molar-refractivity contribution in [3.63, 3.8) is 0 Å². The summed E-state index contributed by atoms with van der Waals surface area (Å²) in [5.74, 6) is 0.0853. The van der Waals surface area contributed by atoms with Crippen molar-refractivity contribution in [2.24, 2.45) is 11.7 Å². The van der Waals surface area contributed by atoms with Crippen molar-refractivity contribution in [3.05, 3.63) is 47.3 Å². The number of aryl methyl sites for hydroxylation is 1. The third kappa shape index (κ3) is 3.49. The molecule has 2 amide bonds. The van der Waals surface area contributed by atoms with Gasteiger partial charge in [0.05, 0.1) is 6.04 Å². The van der Waals surface area contributed by atoms with Crippen LogP contribution >= 0.6 is 0 Å². The second kappa shape index (κ2) is 7.34. The summed E-state index contributed by atoms with van der Waals surface area (Å²) in [5, 5.41) is 3.41. The maximum Gasteiger partial charge on any atom is 0.248 e. The Balaban J connectivity index is 2.14. The van der Waals surface area contributed by atoms with Gasteiger partial charge in [-0.05, 0) is 43.2 Å². The van der Waals surface area contributed by atoms with Gasteiger partial charge in [0, 0.05) is 42.0 Å². The van der Waals surface area contributed by atoms with Crippen LogP contribution in [0.25, 0.3) is 0 Å². The van der Waals surface area contributed by atoms with E-state index in [9.17, 15) is 9.59 Å². The first kappa shape index (κ1) is 18.8. The Bertz CT molecular complexity index is 882. The zero-order valence-electron chi connectivity index (χ0n) is 16.1. The van der Waals surface area contributed by atoms with Gasteiger partial charge in [-0.1, -0.05) is 13.8 Å². The van der Waals surface area contributed by atoms with E-state index in [4.69, 9.17) is 5.73 Å². The highest BCUT2D eigenvalue weighted by molar-refractivity contribution is 5.97. The van der Waals surface area contributed by atoms with E-state index in [2.05, 4.69) is 29.1 Å². The van der Waals surface area contributed by atoms with E-state index < -0.39 is 5.91 Å². The standard InChI is InChI=1S/C20H25N5O2/c1-5-16-12(3)18(24-20-22-9-8-11(2)23-20)15-10-14(19(21)27)6-7-17(15)25(16)13(4)26/h6-10,12,16,18H,5H2,1-4H3,(H2,21,27)(H,22,23,24). The molecular weight excluding hydrogens is 342 g/mol. The Hall–Kier alpha value is -2.96. The van der Waals surface area contributed by atoms with Crippen LogP contribution in [0.2, 0.25) is 0 Å². The zero-order chi connectivity index (χ0) is 19.7. The molecule has 0 saturated carbocycles. The number of benzene rings is 1. The molecule has 3 atom stereocenters. The van der Waals surface area contributed by atoms with Gasteiger partial charge in [-0.25, -0.2) is 9.97 Å². The lowest BCUT2D eigenvalue weighted by Crippen LogP contribution is -2.49. The number of amides is 2. The Kier molecular flexibility index (Phi) is 5.12. The van der Waals surface area contributed by atoms with Crippen molar-refractivity contribution >= 4 is 23.5 Å². The summed E-state index contributed by atoms with van der Waals surface area (Å²) in [5.41, 5.74) is 8.40. The molecule has 1 aromatic carbocycles. The number of nitrogens with one attached hydrogen (secondary N) is 1. The van der Waals surface area contributed by atoms with Crippen LogP contribution in [0.5, 0.6) is 0 Å². The quantitative estimate of drug-likeness (QED) is 0.865. The number of hydrogen-bond acceptors (Lipinski definition) is 5. The number of aromatic nitrogens is 2. The van der Waals surface area contributed by atoms with Gasteiger partial charge in [-0.2, -0.15) is 0 Å². The molecule has 7 heteroatoms. The number of hydrogen-bond donors (Lipinski definition) is 2. The number of nitrogens with zero attached hydrogens (tertiary/aromatic N) is 3. The number of fused-ring (bicyclic) bond motifs is 1. The largest absolute Gasteiger partial charge is 0.366 e. The minimum atomic E-state index is -0.497. The molecule has 0 radical (unpaired) electrons. The van der Waals surface area contributed by atoms with Crippen LogP contribution in [0.4, 0.5) is 11.6 Å². The maximum atomic E-state index is 12.4. The monoisotopic (exact) mass is 367 g/mol. The second-order valence-electron chi connectivity index (χ2n) is 7.01. The topological polar surface area (TPSA) is 101 Å². The predicted octanol–water partition coefficient (Wildman–Crippen LogP) is 2.82. The average molecular weight is 367 g/mol. The zero-order valence-corrected chi connectivity index (χ0v) is 16.1. The van der Waals surface area contributed by atoms with Crippen LogP contribution in [-0.4, -0.2) is 27.8 Å². The van der Waals surface area contributed by atoms with E-state index in [1.807, 2.05) is 17.9 Å². The highest BCUT2D eigenvalue weighted by atomic mass is 16.2. The molecule has 0 aliphatic carbocycles. The molecule has 1 aliphatic rings. The molecule has 2 heterocycles. The smallest absolute Gasteiger partial charge is 0.248 e. The molecule has 0 fully saturated rings.